The molecule has 0 saturated carbocycles. The van der Waals surface area contributed by atoms with Gasteiger partial charge >= 0.3 is 0 Å². The molecule has 0 bridgehead atoms. The van der Waals surface area contributed by atoms with Crippen molar-refractivity contribution in [2.45, 2.75) is 12.5 Å². The van der Waals surface area contributed by atoms with Crippen molar-refractivity contribution in [2.75, 3.05) is 19.6 Å². The molecular weight excluding hydrogens is 320 g/mol. The molecule has 0 aliphatic carbocycles. The predicted molar refractivity (Wildman–Crippen MR) is 104 cm³/mol. The van der Waals surface area contributed by atoms with Gasteiger partial charge in [-0.15, -0.1) is 0 Å². The van der Waals surface area contributed by atoms with Gasteiger partial charge in [-0.3, -0.25) is 9.69 Å². The fourth-order valence-corrected chi connectivity index (χ4v) is 4.57. The average Bonchev–Trinajstić information content (AvgIpc) is 3.03. The molecule has 3 heteroatoms. The summed E-state index contributed by atoms with van der Waals surface area (Å²) < 4.78 is 0. The van der Waals surface area contributed by atoms with Gasteiger partial charge in [-0.05, 0) is 33.9 Å². The minimum Gasteiger partial charge on any atom is -0.352 e. The van der Waals surface area contributed by atoms with Crippen LogP contribution in [0.1, 0.15) is 27.4 Å². The van der Waals surface area contributed by atoms with Crippen LogP contribution in [0.4, 0.5) is 0 Å². The lowest BCUT2D eigenvalue weighted by molar-refractivity contribution is 0.0951. The van der Waals surface area contributed by atoms with Crippen LogP contribution < -0.4 is 5.32 Å². The third kappa shape index (κ3) is 2.69. The molecule has 1 N–H and O–H groups in total. The maximum Gasteiger partial charge on any atom is 0.251 e. The minimum atomic E-state index is 0.0785. The Morgan fingerprint density at radius 1 is 0.923 bits per heavy atom. The standard InChI is InChI=1S/C23H22N2O/c26-23-21-11-18-9-5-4-8-17(18)10-20(21)22-15-25(14-19(22)12-24-23)13-16-6-2-1-3-7-16/h1-11,19,22H,12-15H2,(H,24,26)/t19-,22?/m0/s1. The summed E-state index contributed by atoms with van der Waals surface area (Å²) in [5.41, 5.74) is 3.43. The van der Waals surface area contributed by atoms with Gasteiger partial charge in [0.15, 0.2) is 0 Å². The number of hydrogen-bond acceptors (Lipinski definition) is 2. The molecule has 2 aliphatic rings. The fraction of sp³-hybridized carbons (Fsp3) is 0.261. The van der Waals surface area contributed by atoms with Crippen molar-refractivity contribution >= 4 is 16.7 Å². The van der Waals surface area contributed by atoms with E-state index in [9.17, 15) is 4.79 Å². The molecule has 5 rings (SSSR count). The lowest BCUT2D eigenvalue weighted by atomic mass is 9.86. The van der Waals surface area contributed by atoms with Crippen LogP contribution in [-0.4, -0.2) is 30.4 Å². The van der Waals surface area contributed by atoms with E-state index in [1.165, 1.54) is 16.5 Å². The summed E-state index contributed by atoms with van der Waals surface area (Å²) in [6.07, 6.45) is 0. The molecule has 1 unspecified atom stereocenters. The third-order valence-electron chi connectivity index (χ3n) is 5.85. The van der Waals surface area contributed by atoms with Crippen LogP contribution in [0.15, 0.2) is 66.7 Å². The van der Waals surface area contributed by atoms with Gasteiger partial charge in [-0.25, -0.2) is 0 Å². The van der Waals surface area contributed by atoms with Crippen LogP contribution in [0.3, 0.4) is 0 Å². The summed E-state index contributed by atoms with van der Waals surface area (Å²) in [5.74, 6) is 0.970. The van der Waals surface area contributed by atoms with E-state index >= 15 is 0 Å². The molecule has 0 aromatic heterocycles. The topological polar surface area (TPSA) is 32.3 Å². The quantitative estimate of drug-likeness (QED) is 0.768. The SMILES string of the molecule is O=C1NC[C@H]2CN(Cc3ccccc3)CC2c2cc3ccccc3cc21. The van der Waals surface area contributed by atoms with Gasteiger partial charge in [0, 0.05) is 37.7 Å². The Balaban J connectivity index is 1.51. The number of nitrogens with one attached hydrogen (secondary N) is 1. The maximum atomic E-state index is 12.6. The van der Waals surface area contributed by atoms with Crippen LogP contribution in [0, 0.1) is 5.92 Å². The largest absolute Gasteiger partial charge is 0.352 e. The van der Waals surface area contributed by atoms with E-state index < -0.39 is 0 Å². The van der Waals surface area contributed by atoms with E-state index in [1.807, 2.05) is 6.07 Å². The molecule has 130 valence electrons. The van der Waals surface area contributed by atoms with Gasteiger partial charge in [-0.2, -0.15) is 0 Å². The highest BCUT2D eigenvalue weighted by Gasteiger charge is 2.38. The number of hydrogen-bond donors (Lipinski definition) is 1. The van der Waals surface area contributed by atoms with Crippen LogP contribution in [0.2, 0.25) is 0 Å². The lowest BCUT2D eigenvalue weighted by Crippen LogP contribution is -2.29. The van der Waals surface area contributed by atoms with Gasteiger partial charge in [0.25, 0.3) is 5.91 Å². The van der Waals surface area contributed by atoms with Gasteiger partial charge in [0.05, 0.1) is 0 Å². The van der Waals surface area contributed by atoms with Crippen LogP contribution in [-0.2, 0) is 6.54 Å². The maximum absolute atomic E-state index is 12.6. The zero-order valence-electron chi connectivity index (χ0n) is 14.7. The molecule has 2 aliphatic heterocycles. The molecule has 3 aromatic rings. The Bertz CT molecular complexity index is 966. The van der Waals surface area contributed by atoms with E-state index in [0.717, 1.165) is 37.1 Å². The first-order chi connectivity index (χ1) is 12.8. The normalized spacial score (nSPS) is 22.5. The Labute approximate surface area is 153 Å². The van der Waals surface area contributed by atoms with E-state index in [-0.39, 0.29) is 5.91 Å². The number of nitrogens with zero attached hydrogens (tertiary/aromatic N) is 1. The first-order valence-corrected chi connectivity index (χ1v) is 9.35. The smallest absolute Gasteiger partial charge is 0.251 e. The van der Waals surface area contributed by atoms with Gasteiger partial charge in [0.1, 0.15) is 0 Å². The second-order valence-electron chi connectivity index (χ2n) is 7.54. The molecule has 2 atom stereocenters. The average molecular weight is 342 g/mol. The molecular formula is C23H22N2O. The van der Waals surface area contributed by atoms with Crippen molar-refractivity contribution in [3.8, 4) is 0 Å². The number of amides is 1. The number of carbonyl (C=O) groups excluding carboxylic acids is 1. The number of fused-ring (bicyclic) bond motifs is 4. The number of rotatable bonds is 2. The first-order valence-electron chi connectivity index (χ1n) is 9.35. The predicted octanol–water partition coefficient (Wildman–Crippen LogP) is 3.80. The first kappa shape index (κ1) is 15.6. The van der Waals surface area contributed by atoms with E-state index in [2.05, 4.69) is 70.9 Å². The van der Waals surface area contributed by atoms with Crippen LogP contribution in [0.5, 0.6) is 0 Å². The van der Waals surface area contributed by atoms with Crippen LogP contribution >= 0.6 is 0 Å². The van der Waals surface area contributed by atoms with E-state index in [1.54, 1.807) is 0 Å². The Morgan fingerprint density at radius 2 is 1.65 bits per heavy atom. The van der Waals surface area contributed by atoms with Crippen molar-refractivity contribution < 1.29 is 4.79 Å². The minimum absolute atomic E-state index is 0.0785. The van der Waals surface area contributed by atoms with Gasteiger partial charge in [0.2, 0.25) is 0 Å². The highest BCUT2D eigenvalue weighted by molar-refractivity contribution is 6.01. The zero-order chi connectivity index (χ0) is 17.5. The fourth-order valence-electron chi connectivity index (χ4n) is 4.57. The molecule has 1 amide bonds. The van der Waals surface area contributed by atoms with Crippen molar-refractivity contribution in [1.29, 1.82) is 0 Å². The third-order valence-corrected chi connectivity index (χ3v) is 5.85. The summed E-state index contributed by atoms with van der Waals surface area (Å²) in [4.78, 5) is 15.2. The Hall–Kier alpha value is -2.65. The number of likely N-dealkylation sites (tertiary alicyclic amines) is 1. The van der Waals surface area contributed by atoms with Crippen LogP contribution in [0.25, 0.3) is 10.8 Å². The molecule has 3 aromatic carbocycles. The molecule has 2 heterocycles. The molecule has 3 nitrogen and oxygen atoms in total. The van der Waals surface area contributed by atoms with Crippen molar-refractivity contribution in [2.24, 2.45) is 5.92 Å². The molecule has 0 radical (unpaired) electrons. The molecule has 26 heavy (non-hydrogen) atoms. The lowest BCUT2D eigenvalue weighted by Gasteiger charge is -2.18. The second-order valence-corrected chi connectivity index (χ2v) is 7.54. The van der Waals surface area contributed by atoms with Gasteiger partial charge < -0.3 is 5.32 Å². The summed E-state index contributed by atoms with van der Waals surface area (Å²) in [5, 5.41) is 5.52. The molecule has 1 saturated heterocycles. The van der Waals surface area contributed by atoms with Gasteiger partial charge in [-0.1, -0.05) is 60.7 Å². The Kier molecular flexibility index (Phi) is 3.75. The zero-order valence-corrected chi connectivity index (χ0v) is 14.7. The second kappa shape index (κ2) is 6.26. The Morgan fingerprint density at radius 3 is 2.46 bits per heavy atom. The summed E-state index contributed by atoms with van der Waals surface area (Å²) >= 11 is 0. The summed E-state index contributed by atoms with van der Waals surface area (Å²) in [7, 11) is 0. The molecule has 0 spiro atoms. The van der Waals surface area contributed by atoms with Crippen molar-refractivity contribution in [1.82, 2.24) is 10.2 Å². The van der Waals surface area contributed by atoms with E-state index in [0.29, 0.717) is 11.8 Å². The number of benzene rings is 3. The van der Waals surface area contributed by atoms with Crippen molar-refractivity contribution in [3.05, 3.63) is 83.4 Å². The summed E-state index contributed by atoms with van der Waals surface area (Å²) in [6.45, 7) is 3.79. The van der Waals surface area contributed by atoms with Crippen molar-refractivity contribution in [3.63, 3.8) is 0 Å². The monoisotopic (exact) mass is 342 g/mol. The summed E-state index contributed by atoms with van der Waals surface area (Å²) in [6, 6.07) is 23.3. The highest BCUT2D eigenvalue weighted by atomic mass is 16.1. The highest BCUT2D eigenvalue weighted by Crippen LogP contribution is 2.38. The van der Waals surface area contributed by atoms with E-state index in [4.69, 9.17) is 0 Å². The molecule has 1 fully saturated rings. The number of carbonyl (C=O) groups is 1.